The largest absolute Gasteiger partial charge is 0.493 e. The number of hydrogen-bond acceptors (Lipinski definition) is 3. The number of halogens is 2. The lowest BCUT2D eigenvalue weighted by atomic mass is 9.84. The van der Waals surface area contributed by atoms with Gasteiger partial charge in [0, 0.05) is 24.1 Å². The molecular weight excluding hydrogens is 316 g/mol. The van der Waals surface area contributed by atoms with Crippen LogP contribution in [0.3, 0.4) is 0 Å². The van der Waals surface area contributed by atoms with Crippen LogP contribution in [0.2, 0.25) is 0 Å². The van der Waals surface area contributed by atoms with Crippen molar-refractivity contribution in [2.75, 3.05) is 19.5 Å². The van der Waals surface area contributed by atoms with Crippen molar-refractivity contribution in [3.63, 3.8) is 0 Å². The molecule has 4 nitrogen and oxygen atoms in total. The summed E-state index contributed by atoms with van der Waals surface area (Å²) in [4.78, 5) is 12.0. The summed E-state index contributed by atoms with van der Waals surface area (Å²) < 4.78 is 38.9. The van der Waals surface area contributed by atoms with Gasteiger partial charge in [-0.05, 0) is 29.7 Å². The third kappa shape index (κ3) is 2.58. The first kappa shape index (κ1) is 16.2. The van der Waals surface area contributed by atoms with E-state index in [0.29, 0.717) is 22.7 Å². The summed E-state index contributed by atoms with van der Waals surface area (Å²) in [6, 6.07) is 6.36. The average molecular weight is 333 g/mol. The minimum Gasteiger partial charge on any atom is -0.493 e. The summed E-state index contributed by atoms with van der Waals surface area (Å²) >= 11 is 0. The molecule has 0 saturated heterocycles. The number of amides is 1. The van der Waals surface area contributed by atoms with Crippen molar-refractivity contribution in [1.29, 1.82) is 0 Å². The Morgan fingerprint density at radius 1 is 1.04 bits per heavy atom. The smallest absolute Gasteiger partial charge is 0.225 e. The molecule has 0 saturated carbocycles. The van der Waals surface area contributed by atoms with Crippen molar-refractivity contribution in [2.45, 2.75) is 19.3 Å². The van der Waals surface area contributed by atoms with Gasteiger partial charge in [0.25, 0.3) is 0 Å². The maximum Gasteiger partial charge on any atom is 0.225 e. The van der Waals surface area contributed by atoms with Gasteiger partial charge in [-0.25, -0.2) is 8.78 Å². The Morgan fingerprint density at radius 3 is 2.38 bits per heavy atom. The molecule has 1 unspecified atom stereocenters. The van der Waals surface area contributed by atoms with Gasteiger partial charge in [-0.2, -0.15) is 0 Å². The second-order valence-electron chi connectivity index (χ2n) is 5.70. The van der Waals surface area contributed by atoms with Gasteiger partial charge in [-0.15, -0.1) is 0 Å². The summed E-state index contributed by atoms with van der Waals surface area (Å²) in [5, 5.41) is 2.74. The molecule has 2 aromatic rings. The zero-order valence-electron chi connectivity index (χ0n) is 13.6. The topological polar surface area (TPSA) is 47.6 Å². The quantitative estimate of drug-likeness (QED) is 0.930. The van der Waals surface area contributed by atoms with Crippen LogP contribution in [-0.4, -0.2) is 20.1 Å². The highest BCUT2D eigenvalue weighted by Crippen LogP contribution is 2.43. The Kier molecular flexibility index (Phi) is 4.13. The monoisotopic (exact) mass is 333 g/mol. The first-order chi connectivity index (χ1) is 11.5. The van der Waals surface area contributed by atoms with Crippen LogP contribution in [0.1, 0.15) is 29.0 Å². The number of hydrogen-bond donors (Lipinski definition) is 1. The minimum atomic E-state index is -0.921. The molecule has 2 aromatic carbocycles. The zero-order chi connectivity index (χ0) is 17.4. The van der Waals surface area contributed by atoms with E-state index in [9.17, 15) is 13.6 Å². The fraction of sp³-hybridized carbons (Fsp3) is 0.278. The van der Waals surface area contributed by atoms with Crippen LogP contribution in [0, 0.1) is 18.6 Å². The van der Waals surface area contributed by atoms with E-state index in [1.54, 1.807) is 12.1 Å². The van der Waals surface area contributed by atoms with Gasteiger partial charge in [-0.1, -0.05) is 12.1 Å². The van der Waals surface area contributed by atoms with E-state index in [4.69, 9.17) is 9.47 Å². The summed E-state index contributed by atoms with van der Waals surface area (Å²) in [7, 11) is 2.98. The molecule has 6 heteroatoms. The van der Waals surface area contributed by atoms with Crippen molar-refractivity contribution in [3.8, 4) is 11.5 Å². The number of rotatable bonds is 3. The molecule has 1 heterocycles. The van der Waals surface area contributed by atoms with Crippen molar-refractivity contribution >= 4 is 11.6 Å². The van der Waals surface area contributed by atoms with Gasteiger partial charge in [0.05, 0.1) is 14.2 Å². The standard InChI is InChI=1S/C18H17F2NO3/c1-9-4-5-10(18(20)17(9)19)11-7-16(22)21-13-8-15(24-3)14(23-2)6-12(11)13/h4-6,8,11H,7H2,1-3H3,(H,21,22). The lowest BCUT2D eigenvalue weighted by molar-refractivity contribution is -0.116. The van der Waals surface area contributed by atoms with Crippen molar-refractivity contribution in [1.82, 2.24) is 0 Å². The Labute approximate surface area is 138 Å². The molecule has 0 spiro atoms. The number of benzene rings is 2. The first-order valence-corrected chi connectivity index (χ1v) is 7.46. The molecule has 1 N–H and O–H groups in total. The molecule has 1 aliphatic heterocycles. The maximum absolute atomic E-state index is 14.4. The van der Waals surface area contributed by atoms with Crippen LogP contribution >= 0.6 is 0 Å². The first-order valence-electron chi connectivity index (χ1n) is 7.46. The number of carbonyl (C=O) groups is 1. The van der Waals surface area contributed by atoms with Crippen LogP contribution in [0.25, 0.3) is 0 Å². The summed E-state index contributed by atoms with van der Waals surface area (Å²) in [5.74, 6) is -1.75. The average Bonchev–Trinajstić information content (AvgIpc) is 2.58. The molecule has 126 valence electrons. The predicted molar refractivity (Wildman–Crippen MR) is 85.7 cm³/mol. The third-order valence-corrected chi connectivity index (χ3v) is 4.28. The van der Waals surface area contributed by atoms with Crippen LogP contribution in [0.4, 0.5) is 14.5 Å². The zero-order valence-corrected chi connectivity index (χ0v) is 13.6. The number of nitrogens with one attached hydrogen (secondary N) is 1. The van der Waals surface area contributed by atoms with E-state index in [1.807, 2.05) is 0 Å². The highest BCUT2D eigenvalue weighted by molar-refractivity contribution is 5.96. The van der Waals surface area contributed by atoms with Gasteiger partial charge in [-0.3, -0.25) is 4.79 Å². The fourth-order valence-electron chi connectivity index (χ4n) is 3.00. The normalized spacial score (nSPS) is 16.4. The highest BCUT2D eigenvalue weighted by atomic mass is 19.2. The van der Waals surface area contributed by atoms with E-state index in [-0.39, 0.29) is 23.5 Å². The number of aryl methyl sites for hydroxylation is 1. The van der Waals surface area contributed by atoms with Gasteiger partial charge in [0.15, 0.2) is 23.1 Å². The van der Waals surface area contributed by atoms with Gasteiger partial charge in [0.1, 0.15) is 0 Å². The van der Waals surface area contributed by atoms with Crippen LogP contribution in [-0.2, 0) is 4.79 Å². The number of ether oxygens (including phenoxy) is 2. The van der Waals surface area contributed by atoms with Crippen molar-refractivity contribution in [2.24, 2.45) is 0 Å². The molecule has 0 radical (unpaired) electrons. The molecule has 3 rings (SSSR count). The second-order valence-corrected chi connectivity index (χ2v) is 5.70. The van der Waals surface area contributed by atoms with Crippen LogP contribution < -0.4 is 14.8 Å². The van der Waals surface area contributed by atoms with Crippen LogP contribution in [0.15, 0.2) is 24.3 Å². The Morgan fingerprint density at radius 2 is 1.71 bits per heavy atom. The molecule has 0 bridgehead atoms. The van der Waals surface area contributed by atoms with E-state index in [0.717, 1.165) is 0 Å². The lowest BCUT2D eigenvalue weighted by Gasteiger charge is -2.27. The van der Waals surface area contributed by atoms with E-state index >= 15 is 0 Å². The molecular formula is C18H17F2NO3. The van der Waals surface area contributed by atoms with E-state index in [2.05, 4.69) is 5.32 Å². The minimum absolute atomic E-state index is 0.0297. The number of fused-ring (bicyclic) bond motifs is 1. The molecule has 1 amide bonds. The fourth-order valence-corrected chi connectivity index (χ4v) is 3.00. The van der Waals surface area contributed by atoms with Gasteiger partial charge < -0.3 is 14.8 Å². The summed E-state index contributed by atoms with van der Waals surface area (Å²) in [6.07, 6.45) is 0.0297. The van der Waals surface area contributed by atoms with Crippen molar-refractivity contribution in [3.05, 3.63) is 52.6 Å². The molecule has 0 fully saturated rings. The Bertz CT molecular complexity index is 820. The summed E-state index contributed by atoms with van der Waals surface area (Å²) in [5.41, 5.74) is 1.55. The third-order valence-electron chi connectivity index (χ3n) is 4.28. The molecule has 1 aliphatic rings. The molecule has 1 atom stereocenters. The maximum atomic E-state index is 14.4. The number of methoxy groups -OCH3 is 2. The predicted octanol–water partition coefficient (Wildman–Crippen LogP) is 3.76. The Hall–Kier alpha value is -2.63. The van der Waals surface area contributed by atoms with E-state index < -0.39 is 17.6 Å². The van der Waals surface area contributed by atoms with E-state index in [1.165, 1.54) is 33.3 Å². The van der Waals surface area contributed by atoms with Crippen LogP contribution in [0.5, 0.6) is 11.5 Å². The SMILES string of the molecule is COc1cc2c(cc1OC)C(c1ccc(C)c(F)c1F)CC(=O)N2. The molecule has 0 aliphatic carbocycles. The summed E-state index contributed by atoms with van der Waals surface area (Å²) in [6.45, 7) is 1.50. The number of anilines is 1. The lowest BCUT2D eigenvalue weighted by Crippen LogP contribution is -2.24. The van der Waals surface area contributed by atoms with Gasteiger partial charge in [0.2, 0.25) is 5.91 Å². The van der Waals surface area contributed by atoms with Gasteiger partial charge >= 0.3 is 0 Å². The molecule has 24 heavy (non-hydrogen) atoms. The Balaban J connectivity index is 2.19. The number of carbonyl (C=O) groups excluding carboxylic acids is 1. The van der Waals surface area contributed by atoms with Crippen molar-refractivity contribution < 1.29 is 23.0 Å². The highest BCUT2D eigenvalue weighted by Gasteiger charge is 2.31. The molecule has 0 aromatic heterocycles. The second kappa shape index (κ2) is 6.11.